The molecule has 0 fully saturated rings. The molecule has 0 atom stereocenters. The third-order valence-corrected chi connectivity index (χ3v) is 3.15. The summed E-state index contributed by atoms with van der Waals surface area (Å²) in [4.78, 5) is 14.7. The summed E-state index contributed by atoms with van der Waals surface area (Å²) in [5, 5.41) is 15.8. The average molecular weight is 288 g/mol. The third-order valence-electron chi connectivity index (χ3n) is 3.15. The van der Waals surface area contributed by atoms with Gasteiger partial charge in [0.15, 0.2) is 0 Å². The molecule has 1 aromatic rings. The van der Waals surface area contributed by atoms with Crippen molar-refractivity contribution >= 4 is 18.1 Å². The van der Waals surface area contributed by atoms with Gasteiger partial charge in [-0.25, -0.2) is 10.4 Å². The Morgan fingerprint density at radius 1 is 1.33 bits per heavy atom. The van der Waals surface area contributed by atoms with Crippen molar-refractivity contribution in [3.05, 3.63) is 35.4 Å². The summed E-state index contributed by atoms with van der Waals surface area (Å²) in [7, 11) is 0. The molecule has 0 amide bonds. The fourth-order valence-corrected chi connectivity index (χ4v) is 2.00. The molecule has 3 N–H and O–H groups in total. The molecule has 2 rings (SSSR count). The van der Waals surface area contributed by atoms with Crippen LogP contribution in [-0.4, -0.2) is 36.3 Å². The molecule has 0 aromatic heterocycles. The Hall–Kier alpha value is -2.37. The second-order valence-electron chi connectivity index (χ2n) is 4.83. The van der Waals surface area contributed by atoms with Crippen LogP contribution in [0.25, 0.3) is 0 Å². The number of guanidine groups is 1. The van der Waals surface area contributed by atoms with Crippen LogP contribution >= 0.6 is 0 Å². The number of aliphatic imine (C=N–C) groups is 1. The van der Waals surface area contributed by atoms with Crippen molar-refractivity contribution in [2.75, 3.05) is 13.1 Å². The maximum absolute atomic E-state index is 10.5. The van der Waals surface area contributed by atoms with Gasteiger partial charge >= 0.3 is 5.97 Å². The summed E-state index contributed by atoms with van der Waals surface area (Å²) in [5.74, 6) is -0.0295. The molecule has 1 aromatic carbocycles. The van der Waals surface area contributed by atoms with Crippen molar-refractivity contribution < 1.29 is 9.90 Å². The van der Waals surface area contributed by atoms with Gasteiger partial charge < -0.3 is 10.4 Å². The summed E-state index contributed by atoms with van der Waals surface area (Å²) in [6.07, 6.45) is 4.34. The van der Waals surface area contributed by atoms with Crippen LogP contribution < -0.4 is 10.7 Å². The fraction of sp³-hybridized carbons (Fsp3) is 0.400. The normalized spacial score (nSPS) is 14.0. The molecule has 1 aliphatic rings. The molecule has 6 heteroatoms. The first-order valence-corrected chi connectivity index (χ1v) is 7.09. The third kappa shape index (κ3) is 5.64. The lowest BCUT2D eigenvalue weighted by Crippen LogP contribution is -2.30. The number of aliphatic carboxylic acids is 1. The summed E-state index contributed by atoms with van der Waals surface area (Å²) in [6, 6.07) is 8.07. The van der Waals surface area contributed by atoms with E-state index in [4.69, 9.17) is 5.11 Å². The minimum absolute atomic E-state index is 0.176. The molecular formula is C15H20N4O2. The van der Waals surface area contributed by atoms with Crippen molar-refractivity contribution in [2.45, 2.75) is 25.7 Å². The topological polar surface area (TPSA) is 86.1 Å². The van der Waals surface area contributed by atoms with E-state index in [1.54, 1.807) is 0 Å². The van der Waals surface area contributed by atoms with E-state index in [2.05, 4.69) is 20.8 Å². The number of nitrogens with one attached hydrogen (secondary N) is 2. The van der Waals surface area contributed by atoms with Crippen LogP contribution in [-0.2, 0) is 17.6 Å². The highest BCUT2D eigenvalue weighted by atomic mass is 16.4. The average Bonchev–Trinajstić information content (AvgIpc) is 2.99. The largest absolute Gasteiger partial charge is 0.481 e. The smallest absolute Gasteiger partial charge is 0.303 e. The number of carboxylic acid groups (broad SMARTS) is 1. The van der Waals surface area contributed by atoms with E-state index in [0.29, 0.717) is 6.42 Å². The van der Waals surface area contributed by atoms with E-state index in [0.717, 1.165) is 37.5 Å². The minimum atomic E-state index is -0.760. The number of benzene rings is 1. The quantitative estimate of drug-likeness (QED) is 0.519. The molecule has 0 saturated carbocycles. The van der Waals surface area contributed by atoms with Crippen LogP contribution in [0, 0.1) is 0 Å². The van der Waals surface area contributed by atoms with E-state index >= 15 is 0 Å². The Kier molecular flexibility index (Phi) is 5.75. The first-order chi connectivity index (χ1) is 10.2. The van der Waals surface area contributed by atoms with Crippen LogP contribution in [0.15, 0.2) is 34.4 Å². The molecular weight excluding hydrogens is 268 g/mol. The van der Waals surface area contributed by atoms with Crippen molar-refractivity contribution in [1.82, 2.24) is 10.7 Å². The Morgan fingerprint density at radius 2 is 2.05 bits per heavy atom. The van der Waals surface area contributed by atoms with Gasteiger partial charge in [-0.05, 0) is 30.4 Å². The second kappa shape index (κ2) is 8.04. The van der Waals surface area contributed by atoms with Gasteiger partial charge in [0, 0.05) is 19.2 Å². The van der Waals surface area contributed by atoms with Crippen molar-refractivity contribution in [3.8, 4) is 0 Å². The number of carbonyl (C=O) groups is 1. The lowest BCUT2D eigenvalue weighted by atomic mass is 10.0. The molecule has 1 heterocycles. The zero-order valence-electron chi connectivity index (χ0n) is 11.9. The predicted octanol–water partition coefficient (Wildman–Crippen LogP) is 1.17. The van der Waals surface area contributed by atoms with Crippen LogP contribution in [0.1, 0.15) is 24.0 Å². The monoisotopic (exact) mass is 288 g/mol. The summed E-state index contributed by atoms with van der Waals surface area (Å²) in [5.41, 5.74) is 5.13. The van der Waals surface area contributed by atoms with Crippen molar-refractivity contribution in [1.29, 1.82) is 0 Å². The van der Waals surface area contributed by atoms with Gasteiger partial charge in [0.05, 0.1) is 6.54 Å². The number of hydrazone groups is 1. The summed E-state index contributed by atoms with van der Waals surface area (Å²) < 4.78 is 0. The van der Waals surface area contributed by atoms with Gasteiger partial charge in [0.1, 0.15) is 0 Å². The molecule has 0 radical (unpaired) electrons. The maximum atomic E-state index is 10.5. The Labute approximate surface area is 124 Å². The lowest BCUT2D eigenvalue weighted by molar-refractivity contribution is -0.136. The van der Waals surface area contributed by atoms with Crippen molar-refractivity contribution in [2.24, 2.45) is 10.1 Å². The van der Waals surface area contributed by atoms with Gasteiger partial charge in [-0.15, -0.1) is 0 Å². The van der Waals surface area contributed by atoms with E-state index in [-0.39, 0.29) is 6.42 Å². The number of rotatable bonds is 7. The Bertz CT molecular complexity index is 523. The molecule has 112 valence electrons. The minimum Gasteiger partial charge on any atom is -0.481 e. The van der Waals surface area contributed by atoms with E-state index in [9.17, 15) is 4.79 Å². The highest BCUT2D eigenvalue weighted by Gasteiger charge is 2.01. The molecule has 0 saturated heterocycles. The van der Waals surface area contributed by atoms with Crippen LogP contribution in [0.4, 0.5) is 0 Å². The molecule has 21 heavy (non-hydrogen) atoms. The van der Waals surface area contributed by atoms with Gasteiger partial charge in [-0.1, -0.05) is 24.3 Å². The Balaban J connectivity index is 1.68. The van der Waals surface area contributed by atoms with E-state index in [1.165, 1.54) is 5.56 Å². The predicted molar refractivity (Wildman–Crippen MR) is 82.7 cm³/mol. The number of aryl methyl sites for hydroxylation is 2. The summed E-state index contributed by atoms with van der Waals surface area (Å²) in [6.45, 7) is 1.66. The van der Waals surface area contributed by atoms with E-state index < -0.39 is 5.97 Å². The van der Waals surface area contributed by atoms with Gasteiger partial charge in [-0.2, -0.15) is 5.10 Å². The number of carboxylic acids is 1. The standard InChI is InChI=1S/C15H20N4O2/c20-14(21)8-7-13-5-3-12(4-6-13)2-1-9-18-19-15-16-10-11-17-15/h3-6,9H,1-2,7-8,10-11H2,(H,20,21)(H2,16,17,19)/b18-9+. The van der Waals surface area contributed by atoms with E-state index in [1.807, 2.05) is 30.5 Å². The first kappa shape index (κ1) is 15.0. The fourth-order valence-electron chi connectivity index (χ4n) is 2.00. The number of hydrogen-bond donors (Lipinski definition) is 3. The Morgan fingerprint density at radius 3 is 2.67 bits per heavy atom. The zero-order chi connectivity index (χ0) is 14.9. The zero-order valence-corrected chi connectivity index (χ0v) is 11.9. The lowest BCUT2D eigenvalue weighted by Gasteiger charge is -2.02. The maximum Gasteiger partial charge on any atom is 0.303 e. The molecule has 0 aliphatic carbocycles. The van der Waals surface area contributed by atoms with Crippen LogP contribution in [0.5, 0.6) is 0 Å². The molecule has 6 nitrogen and oxygen atoms in total. The number of hydrogen-bond acceptors (Lipinski definition) is 5. The van der Waals surface area contributed by atoms with Gasteiger partial charge in [0.2, 0.25) is 5.96 Å². The molecule has 0 unspecified atom stereocenters. The number of nitrogens with zero attached hydrogens (tertiary/aromatic N) is 2. The summed E-state index contributed by atoms with van der Waals surface area (Å²) >= 11 is 0. The molecule has 0 bridgehead atoms. The van der Waals surface area contributed by atoms with Gasteiger partial charge in [-0.3, -0.25) is 4.79 Å². The SMILES string of the molecule is O=C(O)CCc1ccc(CC/C=N/NC2=NCCN2)cc1. The van der Waals surface area contributed by atoms with Crippen molar-refractivity contribution in [3.63, 3.8) is 0 Å². The first-order valence-electron chi connectivity index (χ1n) is 7.09. The highest BCUT2D eigenvalue weighted by Crippen LogP contribution is 2.08. The molecule has 0 spiro atoms. The van der Waals surface area contributed by atoms with Crippen LogP contribution in [0.3, 0.4) is 0 Å². The van der Waals surface area contributed by atoms with Crippen LogP contribution in [0.2, 0.25) is 0 Å². The molecule has 1 aliphatic heterocycles. The second-order valence-corrected chi connectivity index (χ2v) is 4.83. The highest BCUT2D eigenvalue weighted by molar-refractivity contribution is 5.81. The van der Waals surface area contributed by atoms with Gasteiger partial charge in [0.25, 0.3) is 0 Å².